The van der Waals surface area contributed by atoms with Crippen LogP contribution in [-0.2, 0) is 21.3 Å². The Morgan fingerprint density at radius 2 is 2.19 bits per heavy atom. The van der Waals surface area contributed by atoms with E-state index in [0.717, 1.165) is 5.56 Å². The molecule has 1 N–H and O–H groups in total. The molecule has 0 saturated carbocycles. The van der Waals surface area contributed by atoms with Gasteiger partial charge in [0.2, 0.25) is 4.34 Å². The van der Waals surface area contributed by atoms with Gasteiger partial charge in [0.25, 0.3) is 0 Å². The van der Waals surface area contributed by atoms with Gasteiger partial charge >= 0.3 is 5.97 Å². The molecule has 0 aliphatic rings. The zero-order valence-electron chi connectivity index (χ0n) is 13.7. The summed E-state index contributed by atoms with van der Waals surface area (Å²) in [6, 6.07) is 4.86. The Hall–Kier alpha value is -2.72. The van der Waals surface area contributed by atoms with E-state index >= 15 is 0 Å². The molecule has 10 heteroatoms. The van der Waals surface area contributed by atoms with Crippen molar-refractivity contribution in [3.63, 3.8) is 0 Å². The lowest BCUT2D eigenvalue weighted by Crippen LogP contribution is -2.06. The molecule has 0 radical (unpaired) electrons. The summed E-state index contributed by atoms with van der Waals surface area (Å²) in [6.45, 7) is 1.91. The highest BCUT2D eigenvalue weighted by Crippen LogP contribution is 2.26. The van der Waals surface area contributed by atoms with Crippen molar-refractivity contribution in [1.82, 2.24) is 20.2 Å². The van der Waals surface area contributed by atoms with Crippen molar-refractivity contribution >= 4 is 28.1 Å². The molecule has 1 unspecified atom stereocenters. The first-order valence-electron chi connectivity index (χ1n) is 7.55. The topological polar surface area (TPSA) is 115 Å². The maximum Gasteiger partial charge on any atom is 0.339 e. The van der Waals surface area contributed by atoms with Crippen LogP contribution in [0.1, 0.15) is 23.0 Å². The van der Waals surface area contributed by atoms with Crippen LogP contribution in [0.2, 0.25) is 0 Å². The van der Waals surface area contributed by atoms with Gasteiger partial charge in [-0.3, -0.25) is 14.2 Å². The third-order valence-corrected chi connectivity index (χ3v) is 5.82. The minimum atomic E-state index is -1.53. The van der Waals surface area contributed by atoms with Gasteiger partial charge in [-0.1, -0.05) is 11.3 Å². The molecule has 1 atom stereocenters. The highest BCUT2D eigenvalue weighted by Gasteiger charge is 2.17. The molecule has 3 aromatic heterocycles. The van der Waals surface area contributed by atoms with Crippen molar-refractivity contribution < 1.29 is 18.8 Å². The number of carbonyl (C=O) groups excluding carboxylic acids is 1. The fourth-order valence-corrected chi connectivity index (χ4v) is 4.09. The lowest BCUT2D eigenvalue weighted by atomic mass is 10.2. The number of carbonyl (C=O) groups is 1. The summed E-state index contributed by atoms with van der Waals surface area (Å²) in [7, 11) is -1.53. The van der Waals surface area contributed by atoms with Gasteiger partial charge < -0.3 is 9.84 Å². The first-order chi connectivity index (χ1) is 12.6. The maximum atomic E-state index is 12.5. The predicted octanol–water partition coefficient (Wildman–Crippen LogP) is 2.19. The summed E-state index contributed by atoms with van der Waals surface area (Å²) in [4.78, 5) is 19.7. The molecule has 0 aliphatic carbocycles. The SMILES string of the molecule is CCOC(=O)c1cnc(CS(=O)c2nnc(-c3cccnc3)s2)c(O)c1. The first-order valence-corrected chi connectivity index (χ1v) is 9.69. The second-order valence-electron chi connectivity index (χ2n) is 5.01. The monoisotopic (exact) mass is 390 g/mol. The molecule has 3 heterocycles. The number of aromatic hydroxyl groups is 1. The zero-order valence-corrected chi connectivity index (χ0v) is 15.3. The van der Waals surface area contributed by atoms with E-state index in [-0.39, 0.29) is 29.4 Å². The number of pyridine rings is 2. The van der Waals surface area contributed by atoms with E-state index < -0.39 is 16.8 Å². The number of aromatic nitrogens is 4. The minimum absolute atomic E-state index is 0.0450. The summed E-state index contributed by atoms with van der Waals surface area (Å²) < 4.78 is 17.7. The van der Waals surface area contributed by atoms with Crippen LogP contribution in [0.15, 0.2) is 41.1 Å². The molecule has 0 saturated heterocycles. The first kappa shape index (κ1) is 18.1. The van der Waals surface area contributed by atoms with Gasteiger partial charge in [0.15, 0.2) is 0 Å². The summed E-state index contributed by atoms with van der Waals surface area (Å²) in [5.74, 6) is -0.842. The third-order valence-electron chi connectivity index (χ3n) is 3.24. The van der Waals surface area contributed by atoms with Crippen LogP contribution in [0.3, 0.4) is 0 Å². The van der Waals surface area contributed by atoms with Gasteiger partial charge in [0, 0.05) is 24.2 Å². The molecule has 0 fully saturated rings. The fraction of sp³-hybridized carbons (Fsp3) is 0.188. The predicted molar refractivity (Wildman–Crippen MR) is 95.1 cm³/mol. The van der Waals surface area contributed by atoms with Crippen LogP contribution in [0, 0.1) is 0 Å². The summed E-state index contributed by atoms with van der Waals surface area (Å²) in [5, 5.41) is 18.6. The van der Waals surface area contributed by atoms with Crippen LogP contribution < -0.4 is 0 Å². The second kappa shape index (κ2) is 8.11. The average molecular weight is 390 g/mol. The molecular weight excluding hydrogens is 376 g/mol. The van der Waals surface area contributed by atoms with E-state index in [0.29, 0.717) is 9.35 Å². The van der Waals surface area contributed by atoms with E-state index in [1.54, 1.807) is 25.4 Å². The number of esters is 1. The molecule has 0 aromatic carbocycles. The standard InChI is InChI=1S/C16H14N4O4S2/c1-2-24-15(22)11-6-13(21)12(18-8-11)9-26(23)16-20-19-14(25-16)10-4-3-5-17-7-10/h3-8,21H,2,9H2,1H3. The van der Waals surface area contributed by atoms with E-state index in [1.165, 1.54) is 23.6 Å². The van der Waals surface area contributed by atoms with Crippen LogP contribution in [0.5, 0.6) is 5.75 Å². The maximum absolute atomic E-state index is 12.5. The van der Waals surface area contributed by atoms with Crippen molar-refractivity contribution in [2.75, 3.05) is 6.61 Å². The van der Waals surface area contributed by atoms with Gasteiger partial charge in [-0.15, -0.1) is 10.2 Å². The van der Waals surface area contributed by atoms with Crippen LogP contribution >= 0.6 is 11.3 Å². The van der Waals surface area contributed by atoms with Crippen LogP contribution in [0.25, 0.3) is 10.6 Å². The van der Waals surface area contributed by atoms with E-state index in [4.69, 9.17) is 4.74 Å². The second-order valence-corrected chi connectivity index (χ2v) is 7.62. The summed E-state index contributed by atoms with van der Waals surface area (Å²) in [6.07, 6.45) is 4.58. The lowest BCUT2D eigenvalue weighted by Gasteiger charge is -2.05. The molecule has 3 aromatic rings. The summed E-state index contributed by atoms with van der Waals surface area (Å²) >= 11 is 1.19. The van der Waals surface area contributed by atoms with E-state index in [1.807, 2.05) is 6.07 Å². The molecule has 3 rings (SSSR count). The average Bonchev–Trinajstić information content (AvgIpc) is 3.14. The largest absolute Gasteiger partial charge is 0.506 e. The van der Waals surface area contributed by atoms with Crippen LogP contribution in [-0.4, -0.2) is 42.1 Å². The van der Waals surface area contributed by atoms with Gasteiger partial charge in [-0.05, 0) is 25.1 Å². The molecule has 134 valence electrons. The molecule has 0 aliphatic heterocycles. The highest BCUT2D eigenvalue weighted by atomic mass is 32.2. The Morgan fingerprint density at radius 3 is 2.88 bits per heavy atom. The van der Waals surface area contributed by atoms with Crippen molar-refractivity contribution in [1.29, 1.82) is 0 Å². The minimum Gasteiger partial charge on any atom is -0.506 e. The van der Waals surface area contributed by atoms with Gasteiger partial charge in [-0.2, -0.15) is 0 Å². The number of rotatable bonds is 6. The highest BCUT2D eigenvalue weighted by molar-refractivity contribution is 7.86. The normalized spacial score (nSPS) is 11.9. The Kier molecular flexibility index (Phi) is 5.64. The van der Waals surface area contributed by atoms with Gasteiger partial charge in [0.1, 0.15) is 10.8 Å². The number of ether oxygens (including phenoxy) is 1. The Morgan fingerprint density at radius 1 is 1.35 bits per heavy atom. The van der Waals surface area contributed by atoms with Crippen molar-refractivity contribution in [3.05, 3.63) is 48.0 Å². The zero-order chi connectivity index (χ0) is 18.5. The van der Waals surface area contributed by atoms with E-state index in [9.17, 15) is 14.1 Å². The molecular formula is C16H14N4O4S2. The summed E-state index contributed by atoms with van der Waals surface area (Å²) in [5.41, 5.74) is 1.12. The lowest BCUT2D eigenvalue weighted by molar-refractivity contribution is 0.0525. The number of nitrogens with zero attached hydrogens (tertiary/aromatic N) is 4. The third kappa shape index (κ3) is 4.09. The van der Waals surface area contributed by atoms with Gasteiger partial charge in [0.05, 0.1) is 34.4 Å². The molecule has 26 heavy (non-hydrogen) atoms. The number of hydrogen-bond donors (Lipinski definition) is 1. The Bertz CT molecular complexity index is 946. The Balaban J connectivity index is 1.74. The smallest absolute Gasteiger partial charge is 0.339 e. The van der Waals surface area contributed by atoms with Crippen molar-refractivity contribution in [2.45, 2.75) is 17.0 Å². The Labute approximate surface area is 155 Å². The van der Waals surface area contributed by atoms with Gasteiger partial charge in [-0.25, -0.2) is 4.79 Å². The van der Waals surface area contributed by atoms with Crippen molar-refractivity contribution in [3.8, 4) is 16.3 Å². The van der Waals surface area contributed by atoms with Crippen molar-refractivity contribution in [2.24, 2.45) is 0 Å². The quantitative estimate of drug-likeness (QED) is 0.637. The molecule has 0 spiro atoms. The molecule has 0 amide bonds. The fourth-order valence-electron chi connectivity index (χ4n) is 2.01. The number of hydrogen-bond acceptors (Lipinski definition) is 9. The molecule has 0 bridgehead atoms. The molecule has 8 nitrogen and oxygen atoms in total. The van der Waals surface area contributed by atoms with Crippen LogP contribution in [0.4, 0.5) is 0 Å². The van der Waals surface area contributed by atoms with E-state index in [2.05, 4.69) is 20.2 Å².